The number of benzene rings is 2. The molecule has 1 aliphatic rings. The molecule has 1 fully saturated rings. The predicted molar refractivity (Wildman–Crippen MR) is 101 cm³/mol. The maximum absolute atomic E-state index is 12.8. The van der Waals surface area contributed by atoms with Crippen molar-refractivity contribution in [2.75, 3.05) is 0 Å². The zero-order valence-electron chi connectivity index (χ0n) is 13.0. The Morgan fingerprint density at radius 3 is 2.39 bits per heavy atom. The fraction of sp³-hybridized carbons (Fsp3) is 0.158. The van der Waals surface area contributed by atoms with E-state index in [9.17, 15) is 4.79 Å². The van der Waals surface area contributed by atoms with Gasteiger partial charge in [-0.3, -0.25) is 9.69 Å². The molecule has 2 nitrogen and oxygen atoms in total. The molecule has 0 spiro atoms. The van der Waals surface area contributed by atoms with Crippen molar-refractivity contribution in [1.82, 2.24) is 4.90 Å². The Morgan fingerprint density at radius 1 is 1.09 bits per heavy atom. The molecule has 1 unspecified atom stereocenters. The number of amides is 1. The number of thiocarbonyl (C=S) groups is 1. The van der Waals surface area contributed by atoms with Crippen LogP contribution in [0.4, 0.5) is 0 Å². The zero-order valence-corrected chi connectivity index (χ0v) is 14.7. The molecule has 0 aliphatic carbocycles. The zero-order chi connectivity index (χ0) is 16.4. The van der Waals surface area contributed by atoms with Gasteiger partial charge < -0.3 is 0 Å². The second-order valence-electron chi connectivity index (χ2n) is 5.55. The van der Waals surface area contributed by atoms with Crippen LogP contribution in [0.5, 0.6) is 0 Å². The summed E-state index contributed by atoms with van der Waals surface area (Å²) in [5.74, 6) is -0.0167. The van der Waals surface area contributed by atoms with Gasteiger partial charge in [0, 0.05) is 0 Å². The van der Waals surface area contributed by atoms with Crippen LogP contribution in [0.2, 0.25) is 0 Å². The first-order chi connectivity index (χ1) is 11.1. The highest BCUT2D eigenvalue weighted by molar-refractivity contribution is 8.26. The van der Waals surface area contributed by atoms with Crippen molar-refractivity contribution in [2.45, 2.75) is 19.9 Å². The van der Waals surface area contributed by atoms with Gasteiger partial charge in [0.1, 0.15) is 4.32 Å². The van der Waals surface area contributed by atoms with Gasteiger partial charge in [0.2, 0.25) is 0 Å². The van der Waals surface area contributed by atoms with Crippen LogP contribution in [0, 0.1) is 6.92 Å². The molecule has 1 aliphatic heterocycles. The summed E-state index contributed by atoms with van der Waals surface area (Å²) in [6.07, 6.45) is 1.91. The molecule has 1 atom stereocenters. The van der Waals surface area contributed by atoms with E-state index in [0.717, 1.165) is 11.1 Å². The van der Waals surface area contributed by atoms with E-state index in [-0.39, 0.29) is 11.9 Å². The lowest BCUT2D eigenvalue weighted by Crippen LogP contribution is -2.30. The van der Waals surface area contributed by atoms with Crippen molar-refractivity contribution < 1.29 is 4.79 Å². The van der Waals surface area contributed by atoms with Crippen molar-refractivity contribution in [1.29, 1.82) is 0 Å². The quantitative estimate of drug-likeness (QED) is 0.582. The topological polar surface area (TPSA) is 20.3 Å². The molecule has 1 heterocycles. The fourth-order valence-corrected chi connectivity index (χ4v) is 3.93. The SMILES string of the molecule is Cc1ccc(/C=C2\SC(=S)N(C(C)c3ccccc3)C2=O)cc1. The number of carbonyl (C=O) groups is 1. The van der Waals surface area contributed by atoms with E-state index in [0.29, 0.717) is 9.23 Å². The van der Waals surface area contributed by atoms with Gasteiger partial charge in [-0.25, -0.2) is 0 Å². The second kappa shape index (κ2) is 6.69. The van der Waals surface area contributed by atoms with E-state index in [1.54, 1.807) is 4.90 Å². The summed E-state index contributed by atoms with van der Waals surface area (Å²) >= 11 is 6.81. The van der Waals surface area contributed by atoms with Crippen molar-refractivity contribution >= 4 is 40.3 Å². The molecule has 2 aromatic rings. The average Bonchev–Trinajstić information content (AvgIpc) is 2.84. The van der Waals surface area contributed by atoms with E-state index in [2.05, 4.69) is 0 Å². The van der Waals surface area contributed by atoms with Crippen molar-refractivity contribution in [3.8, 4) is 0 Å². The summed E-state index contributed by atoms with van der Waals surface area (Å²) in [4.78, 5) is 15.1. The highest BCUT2D eigenvalue weighted by Crippen LogP contribution is 2.37. The fourth-order valence-electron chi connectivity index (χ4n) is 2.51. The summed E-state index contributed by atoms with van der Waals surface area (Å²) in [5.41, 5.74) is 3.30. The van der Waals surface area contributed by atoms with Gasteiger partial charge in [0.05, 0.1) is 10.9 Å². The van der Waals surface area contributed by atoms with Gasteiger partial charge >= 0.3 is 0 Å². The van der Waals surface area contributed by atoms with Crippen LogP contribution in [0.1, 0.15) is 29.7 Å². The smallest absolute Gasteiger partial charge is 0.266 e. The van der Waals surface area contributed by atoms with Crippen LogP contribution < -0.4 is 0 Å². The van der Waals surface area contributed by atoms with Crippen LogP contribution >= 0.6 is 24.0 Å². The first kappa shape index (κ1) is 16.0. The number of carbonyl (C=O) groups excluding carboxylic acids is 1. The summed E-state index contributed by atoms with van der Waals surface area (Å²) in [6.45, 7) is 4.06. The first-order valence-corrected chi connectivity index (χ1v) is 8.67. The van der Waals surface area contributed by atoms with Gasteiger partial charge in [0.25, 0.3) is 5.91 Å². The Kier molecular flexibility index (Phi) is 4.64. The lowest BCUT2D eigenvalue weighted by atomic mass is 10.1. The molecular formula is C19H17NOS2. The Balaban J connectivity index is 1.86. The highest BCUT2D eigenvalue weighted by atomic mass is 32.2. The monoisotopic (exact) mass is 339 g/mol. The lowest BCUT2D eigenvalue weighted by molar-refractivity contribution is -0.123. The number of rotatable bonds is 3. The molecule has 0 saturated carbocycles. The molecule has 116 valence electrons. The number of thioether (sulfide) groups is 1. The summed E-state index contributed by atoms with van der Waals surface area (Å²) < 4.78 is 0.615. The molecular weight excluding hydrogens is 322 g/mol. The van der Waals surface area contributed by atoms with Gasteiger partial charge in [-0.2, -0.15) is 0 Å². The number of nitrogens with zero attached hydrogens (tertiary/aromatic N) is 1. The van der Waals surface area contributed by atoms with Crippen molar-refractivity contribution in [3.05, 3.63) is 76.2 Å². The molecule has 0 radical (unpaired) electrons. The van der Waals surface area contributed by atoms with E-state index in [1.165, 1.54) is 17.3 Å². The second-order valence-corrected chi connectivity index (χ2v) is 7.22. The van der Waals surface area contributed by atoms with Crippen molar-refractivity contribution in [2.24, 2.45) is 0 Å². The summed E-state index contributed by atoms with van der Waals surface area (Å²) in [6, 6.07) is 18.0. The first-order valence-electron chi connectivity index (χ1n) is 7.45. The van der Waals surface area contributed by atoms with Gasteiger partial charge in [-0.05, 0) is 31.1 Å². The molecule has 1 amide bonds. The minimum absolute atomic E-state index is 0.0167. The van der Waals surface area contributed by atoms with Crippen LogP contribution in [0.15, 0.2) is 59.5 Å². The molecule has 2 aromatic carbocycles. The van der Waals surface area contributed by atoms with Gasteiger partial charge in [-0.15, -0.1) is 0 Å². The van der Waals surface area contributed by atoms with E-state index < -0.39 is 0 Å². The van der Waals surface area contributed by atoms with Crippen LogP contribution in [-0.2, 0) is 4.79 Å². The number of aryl methyl sites for hydroxylation is 1. The minimum atomic E-state index is -0.0624. The minimum Gasteiger partial charge on any atom is -0.286 e. The van der Waals surface area contributed by atoms with Gasteiger partial charge in [-0.1, -0.05) is 84.1 Å². The molecule has 23 heavy (non-hydrogen) atoms. The molecule has 0 N–H and O–H groups in total. The van der Waals surface area contributed by atoms with E-state index in [4.69, 9.17) is 12.2 Å². The van der Waals surface area contributed by atoms with Crippen LogP contribution in [-0.4, -0.2) is 15.1 Å². The maximum Gasteiger partial charge on any atom is 0.266 e. The Bertz CT molecular complexity index is 766. The number of hydrogen-bond acceptors (Lipinski definition) is 3. The Morgan fingerprint density at radius 2 is 1.74 bits per heavy atom. The lowest BCUT2D eigenvalue weighted by Gasteiger charge is -2.23. The molecule has 0 bridgehead atoms. The summed E-state index contributed by atoms with van der Waals surface area (Å²) in [5, 5.41) is 0. The average molecular weight is 339 g/mol. The predicted octanol–water partition coefficient (Wildman–Crippen LogP) is 4.96. The molecule has 3 rings (SSSR count). The van der Waals surface area contributed by atoms with Crippen molar-refractivity contribution in [3.63, 3.8) is 0 Å². The normalized spacial score (nSPS) is 17.8. The standard InChI is InChI=1S/C19H17NOS2/c1-13-8-10-15(11-9-13)12-17-18(21)20(19(22)23-17)14(2)16-6-4-3-5-7-16/h3-12,14H,1-2H3/b17-12-. The Hall–Kier alpha value is -1.91. The third-order valence-electron chi connectivity index (χ3n) is 3.87. The van der Waals surface area contributed by atoms with E-state index in [1.807, 2.05) is 74.5 Å². The van der Waals surface area contributed by atoms with Gasteiger partial charge in [0.15, 0.2) is 0 Å². The van der Waals surface area contributed by atoms with E-state index >= 15 is 0 Å². The summed E-state index contributed by atoms with van der Waals surface area (Å²) in [7, 11) is 0. The van der Waals surface area contributed by atoms with Crippen LogP contribution in [0.3, 0.4) is 0 Å². The third-order valence-corrected chi connectivity index (χ3v) is 5.20. The maximum atomic E-state index is 12.8. The highest BCUT2D eigenvalue weighted by Gasteiger charge is 2.35. The van der Waals surface area contributed by atoms with Crippen LogP contribution in [0.25, 0.3) is 6.08 Å². The molecule has 1 saturated heterocycles. The Labute approximate surface area is 146 Å². The number of hydrogen-bond donors (Lipinski definition) is 0. The third kappa shape index (κ3) is 3.38. The molecule has 0 aromatic heterocycles. The largest absolute Gasteiger partial charge is 0.286 e. The molecule has 4 heteroatoms.